The summed E-state index contributed by atoms with van der Waals surface area (Å²) < 4.78 is 61.5. The van der Waals surface area contributed by atoms with Crippen LogP contribution in [0.5, 0.6) is 0 Å². The van der Waals surface area contributed by atoms with E-state index in [1.807, 2.05) is 50.2 Å². The number of imidazole rings is 4. The standard InChI is InChI=1S/2C19H22N2O3S.C15H16N6O.C13H10N4O2.C12H10N6O.C12H9N5O2.3C4H10/c1-13(2)19-12-15-11-17(9-10-18(15)21(19)14(3)22)25(23,24)20-16-7-5-4-6-8-16;1-13(2)18-12-21(14(3)22)19-10-9-16(11-17(18)19)25(23,24)20-15-7-5-4-6-8-15;1-9(2)19-14-13-12(11-6-4-5-7-16-11)20-15(10(3)22)21(13)18-8-17-14;1-8(18)12-16-10(9-4-2-3-5-14-9)11-13(19)15-6-7-17(11)12;1-7(19)12-17-9(8-4-2-3-5-14-8)10-11(13)15-6-16-18(10)12;1-7(18)11-16-9(8-4-2-3-5-13-8)10-12(19)14-6-15-17(10)11;3*1-4(2)3/h4-11,13,19-20H,12H2,1-3H3;4-11,13,18,20H,12H2,1-3H3;4-9H,1-3H3,(H,17,18,19);2-7H,1H3,(H,15,19);2-6H,1H3,(H2,13,15,16);2-6H,1H3,(H,14,15,19);3*4H,1-3H3. The van der Waals surface area contributed by atoms with Crippen LogP contribution in [-0.2, 0) is 36.1 Å². The summed E-state index contributed by atoms with van der Waals surface area (Å²) >= 11 is 0. The van der Waals surface area contributed by atoms with Crippen LogP contribution >= 0.6 is 0 Å². The van der Waals surface area contributed by atoms with Crippen LogP contribution in [0.25, 0.3) is 67.6 Å². The average molecular weight is 1950 g/mol. The van der Waals surface area contributed by atoms with Crippen molar-refractivity contribution in [1.82, 2.24) is 93.1 Å². The number of nitrogen functional groups attached to an aromatic ring is 1. The minimum Gasteiger partial charge on any atom is -0.382 e. The second-order valence-corrected chi connectivity index (χ2v) is 39.1. The largest absolute Gasteiger partial charge is 0.382 e. The van der Waals surface area contributed by atoms with Gasteiger partial charge in [0.1, 0.15) is 58.3 Å². The van der Waals surface area contributed by atoms with Gasteiger partial charge in [0.05, 0.1) is 32.6 Å². The lowest BCUT2D eigenvalue weighted by Gasteiger charge is -2.27. The van der Waals surface area contributed by atoms with E-state index in [1.54, 1.807) is 181 Å². The highest BCUT2D eigenvalue weighted by Gasteiger charge is 2.37. The number of ketones is 4. The predicted molar refractivity (Wildman–Crippen MR) is 547 cm³/mol. The number of rotatable bonds is 18. The minimum absolute atomic E-state index is 0.0181. The van der Waals surface area contributed by atoms with Gasteiger partial charge in [0.25, 0.3) is 31.2 Å². The van der Waals surface area contributed by atoms with Crippen molar-refractivity contribution in [1.29, 1.82) is 0 Å². The summed E-state index contributed by atoms with van der Waals surface area (Å²) in [6.45, 7) is 41.2. The van der Waals surface area contributed by atoms with E-state index in [1.165, 1.54) is 77.7 Å². The van der Waals surface area contributed by atoms with Gasteiger partial charge in [0.2, 0.25) is 11.8 Å². The average Bonchev–Trinajstić information content (AvgIpc) is 1.65. The summed E-state index contributed by atoms with van der Waals surface area (Å²) in [6, 6.07) is 49.4. The van der Waals surface area contributed by atoms with E-state index in [4.69, 9.17) is 5.73 Å². The summed E-state index contributed by atoms with van der Waals surface area (Å²) in [4.78, 5) is 146. The first-order valence-electron chi connectivity index (χ1n) is 45.7. The van der Waals surface area contributed by atoms with Crippen LogP contribution in [0.4, 0.5) is 34.4 Å². The van der Waals surface area contributed by atoms with Crippen molar-refractivity contribution in [2.45, 2.75) is 180 Å². The van der Waals surface area contributed by atoms with Crippen LogP contribution in [0.2, 0.25) is 0 Å². The summed E-state index contributed by atoms with van der Waals surface area (Å²) in [5, 5.41) is 15.4. The molecule has 18 rings (SSSR count). The van der Waals surface area contributed by atoms with E-state index in [-0.39, 0.29) is 108 Å². The molecule has 0 saturated heterocycles. The zero-order valence-electron chi connectivity index (χ0n) is 82.7. The Labute approximate surface area is 818 Å². The Bertz CT molecular complexity index is 7260. The molecular weight excluding hydrogens is 1830 g/mol. The van der Waals surface area contributed by atoms with Crippen LogP contribution in [0, 0.1) is 29.6 Å². The molecule has 37 nitrogen and oxygen atoms in total. The van der Waals surface area contributed by atoms with Crippen molar-refractivity contribution in [2.75, 3.05) is 36.8 Å². The third-order valence-corrected chi connectivity index (χ3v) is 23.1. The number of carbonyl (C=O) groups is 6. The number of hydrogen-bond donors (Lipinski definition) is 6. The van der Waals surface area contributed by atoms with E-state index in [2.05, 4.69) is 180 Å². The maximum absolute atomic E-state index is 12.7. The second-order valence-electron chi connectivity index (χ2n) is 35.7. The number of para-hydroxylation sites is 2. The molecular formula is C102H119N25O12S2. The maximum atomic E-state index is 12.7. The number of Topliss-reactive ketones (excluding diaryl/α,β-unsaturated/α-hetero) is 4. The van der Waals surface area contributed by atoms with E-state index in [9.17, 15) is 55.2 Å². The third kappa shape index (κ3) is 27.3. The molecule has 0 saturated carbocycles. The van der Waals surface area contributed by atoms with Crippen LogP contribution in [0.15, 0.2) is 245 Å². The SMILES string of the molecule is CC(=O)N1CC(C(C)C)c2cc(S(=O)(=O)Nc3ccccc3)ccc21.CC(=O)N1c2ccc(S(=O)(=O)Nc3ccccc3)cc2CC1C(C)C.CC(=O)c1nc(-c2ccccn2)c2c(=O)[nH]ccn12.CC(=O)c1nc(-c2ccccn2)c2c(=O)[nH]cnn12.CC(=O)c1nc(-c2ccccn2)c2c(N)ncnn12.CC(=O)c1nc(-c2ccccn2)c2c(NC(C)C)ncnn12.CC(C)C.CC(C)C.CC(C)C. The van der Waals surface area contributed by atoms with Gasteiger partial charge in [-0.25, -0.2) is 60.3 Å². The first kappa shape index (κ1) is 107. The lowest BCUT2D eigenvalue weighted by molar-refractivity contribution is -0.117. The number of benzene rings is 4. The van der Waals surface area contributed by atoms with Crippen LogP contribution in [-0.4, -0.2) is 163 Å². The van der Waals surface area contributed by atoms with Gasteiger partial charge in [0.15, 0.2) is 63.6 Å². The molecule has 2 amide bonds. The van der Waals surface area contributed by atoms with E-state index in [0.29, 0.717) is 104 Å². The summed E-state index contributed by atoms with van der Waals surface area (Å²) in [5.74, 6) is 4.06. The van der Waals surface area contributed by atoms with Gasteiger partial charge in [-0.1, -0.05) is 151 Å². The number of nitrogens with two attached hydrogens (primary N) is 1. The smallest absolute Gasteiger partial charge is 0.277 e. The third-order valence-electron chi connectivity index (χ3n) is 20.3. The number of aromatic amines is 2. The maximum Gasteiger partial charge on any atom is 0.277 e. The zero-order chi connectivity index (χ0) is 103. The highest BCUT2D eigenvalue weighted by molar-refractivity contribution is 7.93. The van der Waals surface area contributed by atoms with Gasteiger partial charge in [-0.3, -0.25) is 72.1 Å². The number of H-pyrrole nitrogens is 2. The molecule has 0 fully saturated rings. The van der Waals surface area contributed by atoms with E-state index < -0.39 is 20.0 Å². The molecule has 0 bridgehead atoms. The zero-order valence-corrected chi connectivity index (χ0v) is 84.3. The first-order valence-corrected chi connectivity index (χ1v) is 48.6. The van der Waals surface area contributed by atoms with Gasteiger partial charge in [-0.15, -0.1) is 0 Å². The molecule has 2 unspecified atom stereocenters. The minimum atomic E-state index is -3.68. The molecule has 4 aromatic carbocycles. The Balaban J connectivity index is 0.000000170. The molecule has 0 radical (unpaired) electrons. The molecule has 0 aliphatic carbocycles. The molecule has 141 heavy (non-hydrogen) atoms. The lowest BCUT2D eigenvalue weighted by Crippen LogP contribution is -2.39. The van der Waals surface area contributed by atoms with Crippen LogP contribution < -0.4 is 41.4 Å². The van der Waals surface area contributed by atoms with Gasteiger partial charge in [-0.2, -0.15) is 15.3 Å². The Hall–Kier alpha value is -15.9. The van der Waals surface area contributed by atoms with Crippen molar-refractivity contribution in [3.63, 3.8) is 0 Å². The number of fused-ring (bicyclic) bond motifs is 6. The van der Waals surface area contributed by atoms with Gasteiger partial charge >= 0.3 is 0 Å². The molecule has 14 heterocycles. The Morgan fingerprint density at radius 2 is 0.823 bits per heavy atom. The van der Waals surface area contributed by atoms with Crippen LogP contribution in [0.1, 0.15) is 205 Å². The monoisotopic (exact) mass is 1950 g/mol. The fourth-order valence-corrected chi connectivity index (χ4v) is 16.6. The highest BCUT2D eigenvalue weighted by atomic mass is 32.2. The second kappa shape index (κ2) is 48.4. The lowest BCUT2D eigenvalue weighted by atomic mass is 9.90. The summed E-state index contributed by atoms with van der Waals surface area (Å²) in [7, 11) is -7.34. The van der Waals surface area contributed by atoms with Gasteiger partial charge in [-0.05, 0) is 170 Å². The Morgan fingerprint density at radius 1 is 0.426 bits per heavy atom. The molecule has 2 aliphatic heterocycles. The predicted octanol–water partition coefficient (Wildman–Crippen LogP) is 17.2. The quantitative estimate of drug-likeness (QED) is 0.0434. The number of nitrogens with one attached hydrogen (secondary N) is 5. The van der Waals surface area contributed by atoms with Crippen molar-refractivity contribution in [3.8, 4) is 45.6 Å². The van der Waals surface area contributed by atoms with Crippen molar-refractivity contribution in [3.05, 3.63) is 281 Å². The molecule has 39 heteroatoms. The van der Waals surface area contributed by atoms with Crippen molar-refractivity contribution >= 4 is 111 Å². The number of anilines is 6. The topological polar surface area (TPSA) is 490 Å². The summed E-state index contributed by atoms with van der Waals surface area (Å²) in [5.41, 5.74) is 15.6. The highest BCUT2D eigenvalue weighted by Crippen LogP contribution is 2.43. The Morgan fingerprint density at radius 3 is 1.24 bits per heavy atom. The molecule has 2 atom stereocenters. The molecule has 12 aromatic heterocycles. The molecule has 736 valence electrons. The fraction of sp³-hybridized carbons (Fsp3) is 0.304. The Kier molecular flexibility index (Phi) is 36.8. The van der Waals surface area contributed by atoms with Crippen molar-refractivity contribution in [2.24, 2.45) is 29.6 Å². The number of aromatic nitrogens is 19. The van der Waals surface area contributed by atoms with Gasteiger partial charge < -0.3 is 30.8 Å². The first-order chi connectivity index (χ1) is 66.9. The van der Waals surface area contributed by atoms with E-state index in [0.717, 1.165) is 40.3 Å². The number of nitrogens with zero attached hydrogens (tertiary/aromatic N) is 19. The van der Waals surface area contributed by atoms with E-state index >= 15 is 0 Å². The van der Waals surface area contributed by atoms with Crippen molar-refractivity contribution < 1.29 is 45.6 Å². The summed E-state index contributed by atoms with van der Waals surface area (Å²) in [6.07, 6.45) is 14.2. The number of sulfonamides is 2. The van der Waals surface area contributed by atoms with Gasteiger partial charge in [0, 0.05) is 126 Å². The molecule has 0 spiro atoms. The van der Waals surface area contributed by atoms with Crippen LogP contribution in [0.3, 0.4) is 0 Å². The number of carbonyl (C=O) groups excluding carboxylic acids is 6. The number of amides is 2. The normalized spacial score (nSPS) is 12.8. The molecule has 7 N–H and O–H groups in total. The fourth-order valence-electron chi connectivity index (χ4n) is 14.4. The molecule has 16 aromatic rings. The number of pyridine rings is 4. The number of hydrogen-bond acceptors (Lipinski definition) is 27. The molecule has 2 aliphatic rings.